The molecule has 1 aliphatic heterocycles. The normalized spacial score (nSPS) is 17.9. The Morgan fingerprint density at radius 1 is 1.15 bits per heavy atom. The lowest BCUT2D eigenvalue weighted by Crippen LogP contribution is -2.39. The zero-order chi connectivity index (χ0) is 19.4. The van der Waals surface area contributed by atoms with Gasteiger partial charge in [0.2, 0.25) is 10.0 Å². The topological polar surface area (TPSA) is 87.5 Å². The fraction of sp³-hybridized carbons (Fsp3) is 0.300. The van der Waals surface area contributed by atoms with E-state index in [9.17, 15) is 13.2 Å². The van der Waals surface area contributed by atoms with Gasteiger partial charge < -0.3 is 4.74 Å². The first-order valence-corrected chi connectivity index (χ1v) is 10.2. The molecule has 0 aliphatic carbocycles. The second-order valence-electron chi connectivity index (χ2n) is 6.66. The molecular weight excluding hydrogens is 364 g/mol. The Kier molecular flexibility index (Phi) is 5.59. The van der Waals surface area contributed by atoms with E-state index >= 15 is 0 Å². The highest BCUT2D eigenvalue weighted by Crippen LogP contribution is 2.24. The summed E-state index contributed by atoms with van der Waals surface area (Å²) >= 11 is 0. The molecule has 0 radical (unpaired) electrons. The smallest absolute Gasteiger partial charge is 0.343 e. The first kappa shape index (κ1) is 19.1. The molecule has 1 aliphatic rings. The van der Waals surface area contributed by atoms with E-state index in [1.807, 2.05) is 13.0 Å². The maximum atomic E-state index is 12.7. The summed E-state index contributed by atoms with van der Waals surface area (Å²) in [6.45, 7) is 3.09. The molecule has 1 fully saturated rings. The van der Waals surface area contributed by atoms with Gasteiger partial charge in [0.15, 0.2) is 0 Å². The Morgan fingerprint density at radius 3 is 2.41 bits per heavy atom. The van der Waals surface area contributed by atoms with E-state index in [2.05, 4.69) is 0 Å². The molecule has 0 spiro atoms. The van der Waals surface area contributed by atoms with Crippen molar-refractivity contribution in [2.45, 2.75) is 24.7 Å². The molecule has 2 aromatic rings. The largest absolute Gasteiger partial charge is 0.423 e. The standard InChI is InChI=1S/C20H20N2O4S/c1-15-3-2-12-22(14-15)27(24,25)19-10-6-17(7-11-19)20(23)26-18-8-4-16(13-21)5-9-18/h4-11,15H,2-3,12,14H2,1H3. The summed E-state index contributed by atoms with van der Waals surface area (Å²) in [6.07, 6.45) is 1.89. The number of sulfonamides is 1. The van der Waals surface area contributed by atoms with Gasteiger partial charge in [-0.2, -0.15) is 9.57 Å². The van der Waals surface area contributed by atoms with Gasteiger partial charge >= 0.3 is 5.97 Å². The molecule has 1 saturated heterocycles. The van der Waals surface area contributed by atoms with E-state index in [1.165, 1.54) is 40.7 Å². The molecule has 0 N–H and O–H groups in total. The van der Waals surface area contributed by atoms with Gasteiger partial charge in [-0.1, -0.05) is 6.92 Å². The highest BCUT2D eigenvalue weighted by molar-refractivity contribution is 7.89. The Bertz CT molecular complexity index is 961. The van der Waals surface area contributed by atoms with Gasteiger partial charge in [0.1, 0.15) is 5.75 Å². The first-order valence-electron chi connectivity index (χ1n) is 8.73. The molecule has 0 bridgehead atoms. The van der Waals surface area contributed by atoms with Gasteiger partial charge in [0.25, 0.3) is 0 Å². The van der Waals surface area contributed by atoms with Crippen LogP contribution in [0.3, 0.4) is 0 Å². The molecule has 6 nitrogen and oxygen atoms in total. The van der Waals surface area contributed by atoms with Crippen LogP contribution in [-0.4, -0.2) is 31.8 Å². The van der Waals surface area contributed by atoms with Crippen molar-refractivity contribution in [1.82, 2.24) is 4.31 Å². The predicted octanol–water partition coefficient (Wildman–Crippen LogP) is 3.20. The fourth-order valence-corrected chi connectivity index (χ4v) is 4.64. The second kappa shape index (κ2) is 7.91. The van der Waals surface area contributed by atoms with Crippen LogP contribution in [-0.2, 0) is 10.0 Å². The highest BCUT2D eigenvalue weighted by Gasteiger charge is 2.28. The number of carbonyl (C=O) groups excluding carboxylic acids is 1. The highest BCUT2D eigenvalue weighted by atomic mass is 32.2. The molecule has 7 heteroatoms. The zero-order valence-electron chi connectivity index (χ0n) is 15.0. The van der Waals surface area contributed by atoms with E-state index in [0.717, 1.165) is 12.8 Å². The van der Waals surface area contributed by atoms with Crippen LogP contribution in [0, 0.1) is 17.2 Å². The Balaban J connectivity index is 1.72. The van der Waals surface area contributed by atoms with Crippen molar-refractivity contribution < 1.29 is 17.9 Å². The number of hydrogen-bond acceptors (Lipinski definition) is 5. The average molecular weight is 384 g/mol. The number of piperidine rings is 1. The molecule has 0 aromatic heterocycles. The summed E-state index contributed by atoms with van der Waals surface area (Å²) in [5.74, 6) is 0.0726. The fourth-order valence-electron chi connectivity index (χ4n) is 3.04. The van der Waals surface area contributed by atoms with Gasteiger partial charge in [-0.3, -0.25) is 0 Å². The average Bonchev–Trinajstić information content (AvgIpc) is 2.68. The van der Waals surface area contributed by atoms with Crippen molar-refractivity contribution in [1.29, 1.82) is 5.26 Å². The monoisotopic (exact) mass is 384 g/mol. The third-order valence-corrected chi connectivity index (χ3v) is 6.42. The molecule has 0 amide bonds. The van der Waals surface area contributed by atoms with Crippen LogP contribution in [0.1, 0.15) is 35.7 Å². The van der Waals surface area contributed by atoms with Crippen molar-refractivity contribution in [2.24, 2.45) is 5.92 Å². The van der Waals surface area contributed by atoms with Gasteiger partial charge in [-0.15, -0.1) is 0 Å². The molecule has 27 heavy (non-hydrogen) atoms. The number of nitrogens with zero attached hydrogens (tertiary/aromatic N) is 2. The zero-order valence-corrected chi connectivity index (χ0v) is 15.8. The summed E-state index contributed by atoms with van der Waals surface area (Å²) in [6, 6.07) is 13.9. The molecule has 2 aromatic carbocycles. The number of ether oxygens (including phenoxy) is 1. The van der Waals surface area contributed by atoms with Gasteiger partial charge in [-0.25, -0.2) is 13.2 Å². The molecular formula is C20H20N2O4S. The minimum absolute atomic E-state index is 0.173. The molecule has 1 heterocycles. The SMILES string of the molecule is CC1CCCN(S(=O)(=O)c2ccc(C(=O)Oc3ccc(C#N)cc3)cc2)C1. The maximum absolute atomic E-state index is 12.7. The Labute approximate surface area is 159 Å². The molecule has 0 saturated carbocycles. The summed E-state index contributed by atoms with van der Waals surface area (Å²) in [5.41, 5.74) is 0.724. The molecule has 3 rings (SSSR count). The summed E-state index contributed by atoms with van der Waals surface area (Å²) in [5, 5.41) is 8.78. The number of esters is 1. The lowest BCUT2D eigenvalue weighted by molar-refractivity contribution is 0.0734. The van der Waals surface area contributed by atoms with E-state index < -0.39 is 16.0 Å². The summed E-state index contributed by atoms with van der Waals surface area (Å²) < 4.78 is 32.3. The second-order valence-corrected chi connectivity index (χ2v) is 8.60. The van der Waals surface area contributed by atoms with Gasteiger partial charge in [-0.05, 0) is 67.3 Å². The number of benzene rings is 2. The number of hydrogen-bond donors (Lipinski definition) is 0. The summed E-state index contributed by atoms with van der Waals surface area (Å²) in [4.78, 5) is 12.4. The van der Waals surface area contributed by atoms with E-state index in [-0.39, 0.29) is 10.5 Å². The third kappa shape index (κ3) is 4.35. The number of nitriles is 1. The minimum atomic E-state index is -3.55. The van der Waals surface area contributed by atoms with Crippen LogP contribution in [0.5, 0.6) is 5.75 Å². The van der Waals surface area contributed by atoms with Crippen molar-refractivity contribution >= 4 is 16.0 Å². The first-order chi connectivity index (χ1) is 12.9. The predicted molar refractivity (Wildman–Crippen MR) is 99.7 cm³/mol. The third-order valence-electron chi connectivity index (χ3n) is 4.54. The molecule has 1 unspecified atom stereocenters. The van der Waals surface area contributed by atoms with Crippen LogP contribution >= 0.6 is 0 Å². The van der Waals surface area contributed by atoms with Crippen LogP contribution < -0.4 is 4.74 Å². The lowest BCUT2D eigenvalue weighted by atomic mass is 10.0. The molecule has 140 valence electrons. The van der Waals surface area contributed by atoms with Crippen molar-refractivity contribution in [2.75, 3.05) is 13.1 Å². The van der Waals surface area contributed by atoms with Crippen molar-refractivity contribution in [3.05, 3.63) is 59.7 Å². The summed E-state index contributed by atoms with van der Waals surface area (Å²) in [7, 11) is -3.55. The van der Waals surface area contributed by atoms with Crippen molar-refractivity contribution in [3.8, 4) is 11.8 Å². The maximum Gasteiger partial charge on any atom is 0.343 e. The number of rotatable bonds is 4. The van der Waals surface area contributed by atoms with Crippen LogP contribution in [0.2, 0.25) is 0 Å². The van der Waals surface area contributed by atoms with Gasteiger partial charge in [0, 0.05) is 13.1 Å². The molecule has 1 atom stereocenters. The van der Waals surface area contributed by atoms with E-state index in [4.69, 9.17) is 10.00 Å². The van der Waals surface area contributed by atoms with E-state index in [1.54, 1.807) is 12.1 Å². The Morgan fingerprint density at radius 2 is 1.81 bits per heavy atom. The van der Waals surface area contributed by atoms with Crippen molar-refractivity contribution in [3.63, 3.8) is 0 Å². The van der Waals surface area contributed by atoms with E-state index in [0.29, 0.717) is 30.3 Å². The van der Waals surface area contributed by atoms with Crippen LogP contribution in [0.15, 0.2) is 53.4 Å². The van der Waals surface area contributed by atoms with Crippen LogP contribution in [0.4, 0.5) is 0 Å². The minimum Gasteiger partial charge on any atom is -0.423 e. The number of carbonyl (C=O) groups is 1. The van der Waals surface area contributed by atoms with Crippen LogP contribution in [0.25, 0.3) is 0 Å². The Hall–Kier alpha value is -2.69. The van der Waals surface area contributed by atoms with Gasteiger partial charge in [0.05, 0.1) is 22.1 Å². The quantitative estimate of drug-likeness (QED) is 0.597. The lowest BCUT2D eigenvalue weighted by Gasteiger charge is -2.30.